The molecule has 0 atom stereocenters. The number of H-pyrrole nitrogens is 1. The Morgan fingerprint density at radius 3 is 2.82 bits per heavy atom. The number of nitrogens with zero attached hydrogens (tertiary/aromatic N) is 1. The van der Waals surface area contributed by atoms with Crippen molar-refractivity contribution >= 4 is 5.82 Å². The molecule has 17 heavy (non-hydrogen) atoms. The fraction of sp³-hybridized carbons (Fsp3) is 0.692. The molecule has 2 N–H and O–H groups in total. The Morgan fingerprint density at radius 1 is 1.53 bits per heavy atom. The fourth-order valence-electron chi connectivity index (χ4n) is 1.57. The summed E-state index contributed by atoms with van der Waals surface area (Å²) >= 11 is 0. The number of aromatic nitrogens is 2. The Hall–Kier alpha value is -1.32. The molecule has 0 aromatic carbocycles. The lowest BCUT2D eigenvalue weighted by molar-refractivity contribution is 0.376. The number of anilines is 1. The summed E-state index contributed by atoms with van der Waals surface area (Å²) in [7, 11) is 0. The van der Waals surface area contributed by atoms with Crippen LogP contribution < -0.4 is 10.9 Å². The lowest BCUT2D eigenvalue weighted by Crippen LogP contribution is -2.23. The molecular formula is C13H21N3O. The average molecular weight is 235 g/mol. The molecule has 94 valence electrons. The van der Waals surface area contributed by atoms with E-state index in [2.05, 4.69) is 36.1 Å². The second-order valence-electron chi connectivity index (χ2n) is 5.66. The Kier molecular flexibility index (Phi) is 3.22. The molecule has 0 unspecified atom stereocenters. The van der Waals surface area contributed by atoms with Crippen molar-refractivity contribution in [3.8, 4) is 0 Å². The van der Waals surface area contributed by atoms with E-state index in [1.165, 1.54) is 6.07 Å². The number of rotatable bonds is 5. The highest BCUT2D eigenvalue weighted by atomic mass is 16.1. The van der Waals surface area contributed by atoms with Crippen LogP contribution in [0.2, 0.25) is 0 Å². The number of hydrogen-bond acceptors (Lipinski definition) is 3. The quantitative estimate of drug-likeness (QED) is 0.824. The third-order valence-corrected chi connectivity index (χ3v) is 3.43. The molecule has 4 nitrogen and oxygen atoms in total. The first-order valence-electron chi connectivity index (χ1n) is 6.35. The molecule has 0 bridgehead atoms. The van der Waals surface area contributed by atoms with Crippen molar-refractivity contribution in [1.82, 2.24) is 9.97 Å². The Balaban J connectivity index is 2.07. The molecule has 0 aliphatic heterocycles. The van der Waals surface area contributed by atoms with Crippen LogP contribution in [0.3, 0.4) is 0 Å². The van der Waals surface area contributed by atoms with Crippen LogP contribution in [0.1, 0.15) is 51.8 Å². The highest BCUT2D eigenvalue weighted by molar-refractivity contribution is 5.34. The van der Waals surface area contributed by atoms with E-state index in [0.717, 1.165) is 31.6 Å². The molecule has 0 amide bonds. The summed E-state index contributed by atoms with van der Waals surface area (Å²) in [6.07, 6.45) is 3.39. The van der Waals surface area contributed by atoms with Crippen LogP contribution in [0, 0.1) is 5.41 Å². The van der Waals surface area contributed by atoms with E-state index < -0.39 is 0 Å². The van der Waals surface area contributed by atoms with Crippen molar-refractivity contribution in [3.63, 3.8) is 0 Å². The minimum Gasteiger partial charge on any atom is -0.369 e. The molecule has 4 heteroatoms. The van der Waals surface area contributed by atoms with Gasteiger partial charge in [0.15, 0.2) is 0 Å². The molecular weight excluding hydrogens is 214 g/mol. The van der Waals surface area contributed by atoms with Gasteiger partial charge in [-0.15, -0.1) is 0 Å². The van der Waals surface area contributed by atoms with Gasteiger partial charge < -0.3 is 10.3 Å². The van der Waals surface area contributed by atoms with Crippen LogP contribution in [0.15, 0.2) is 10.9 Å². The van der Waals surface area contributed by atoms with Crippen molar-refractivity contribution < 1.29 is 0 Å². The van der Waals surface area contributed by atoms with Gasteiger partial charge in [0.25, 0.3) is 5.56 Å². The van der Waals surface area contributed by atoms with Gasteiger partial charge in [-0.2, -0.15) is 0 Å². The summed E-state index contributed by atoms with van der Waals surface area (Å²) in [5.74, 6) is 2.02. The van der Waals surface area contributed by atoms with Crippen LogP contribution in [0.5, 0.6) is 0 Å². The second kappa shape index (κ2) is 4.51. The fourth-order valence-corrected chi connectivity index (χ4v) is 1.57. The monoisotopic (exact) mass is 235 g/mol. The first kappa shape index (κ1) is 12.1. The smallest absolute Gasteiger partial charge is 0.252 e. The molecule has 1 aliphatic carbocycles. The molecule has 0 radical (unpaired) electrons. The van der Waals surface area contributed by atoms with Crippen molar-refractivity contribution in [3.05, 3.63) is 22.2 Å². The zero-order valence-corrected chi connectivity index (χ0v) is 10.8. The summed E-state index contributed by atoms with van der Waals surface area (Å²) in [4.78, 5) is 18.8. The average Bonchev–Trinajstić information content (AvgIpc) is 3.10. The highest BCUT2D eigenvalue weighted by Gasteiger charge is 2.26. The van der Waals surface area contributed by atoms with E-state index >= 15 is 0 Å². The normalized spacial score (nSPS) is 15.9. The summed E-state index contributed by atoms with van der Waals surface area (Å²) in [5.41, 5.74) is 0.169. The predicted octanol–water partition coefficient (Wildman–Crippen LogP) is 2.50. The van der Waals surface area contributed by atoms with E-state index in [1.807, 2.05) is 0 Å². The van der Waals surface area contributed by atoms with Gasteiger partial charge in [-0.05, 0) is 24.7 Å². The highest BCUT2D eigenvalue weighted by Crippen LogP contribution is 2.37. The van der Waals surface area contributed by atoms with Crippen LogP contribution in [-0.2, 0) is 0 Å². The summed E-state index contributed by atoms with van der Waals surface area (Å²) in [6.45, 7) is 7.41. The zero-order chi connectivity index (χ0) is 12.5. The van der Waals surface area contributed by atoms with Crippen LogP contribution >= 0.6 is 0 Å². The van der Waals surface area contributed by atoms with Crippen molar-refractivity contribution in [2.24, 2.45) is 5.41 Å². The molecule has 1 heterocycles. The maximum atomic E-state index is 11.5. The Bertz CT molecular complexity index is 446. The summed E-state index contributed by atoms with van der Waals surface area (Å²) in [5, 5.41) is 3.27. The van der Waals surface area contributed by atoms with Gasteiger partial charge in [0.05, 0.1) is 0 Å². The molecule has 2 rings (SSSR count). The second-order valence-corrected chi connectivity index (χ2v) is 5.66. The van der Waals surface area contributed by atoms with Gasteiger partial charge in [0.1, 0.15) is 11.6 Å². The van der Waals surface area contributed by atoms with E-state index in [0.29, 0.717) is 11.7 Å². The Morgan fingerprint density at radius 2 is 2.24 bits per heavy atom. The van der Waals surface area contributed by atoms with Crippen LogP contribution in [0.25, 0.3) is 0 Å². The Labute approximate surface area is 102 Å². The van der Waals surface area contributed by atoms with E-state index in [9.17, 15) is 4.79 Å². The van der Waals surface area contributed by atoms with Gasteiger partial charge in [0, 0.05) is 18.5 Å². The third-order valence-electron chi connectivity index (χ3n) is 3.43. The number of aromatic amines is 1. The van der Waals surface area contributed by atoms with Gasteiger partial charge in [-0.25, -0.2) is 4.98 Å². The predicted molar refractivity (Wildman–Crippen MR) is 69.4 cm³/mol. The minimum absolute atomic E-state index is 0.0568. The summed E-state index contributed by atoms with van der Waals surface area (Å²) < 4.78 is 0. The molecule has 1 aromatic rings. The topological polar surface area (TPSA) is 57.8 Å². The maximum absolute atomic E-state index is 11.5. The molecule has 1 fully saturated rings. The summed E-state index contributed by atoms with van der Waals surface area (Å²) in [6, 6.07) is 1.54. The number of nitrogens with one attached hydrogen (secondary N) is 2. The lowest BCUT2D eigenvalue weighted by atomic mass is 9.90. The largest absolute Gasteiger partial charge is 0.369 e. The van der Waals surface area contributed by atoms with E-state index in [-0.39, 0.29) is 11.0 Å². The van der Waals surface area contributed by atoms with Gasteiger partial charge >= 0.3 is 0 Å². The molecule has 1 saturated carbocycles. The van der Waals surface area contributed by atoms with Crippen LogP contribution in [0.4, 0.5) is 5.82 Å². The van der Waals surface area contributed by atoms with Crippen molar-refractivity contribution in [1.29, 1.82) is 0 Å². The van der Waals surface area contributed by atoms with Crippen molar-refractivity contribution in [2.45, 2.75) is 46.0 Å². The lowest BCUT2D eigenvalue weighted by Gasteiger charge is -2.23. The molecule has 0 saturated heterocycles. The van der Waals surface area contributed by atoms with Crippen LogP contribution in [-0.4, -0.2) is 16.5 Å². The van der Waals surface area contributed by atoms with E-state index in [4.69, 9.17) is 0 Å². The zero-order valence-electron chi connectivity index (χ0n) is 10.8. The first-order chi connectivity index (χ1) is 8.00. The standard InChI is InChI=1S/C13H21N3O/c1-4-13(2,3)8-14-10-7-11(17)16-12(15-10)9-5-6-9/h7,9H,4-6,8H2,1-3H3,(H2,14,15,16,17). The van der Waals surface area contributed by atoms with Crippen molar-refractivity contribution in [2.75, 3.05) is 11.9 Å². The number of hydrogen-bond donors (Lipinski definition) is 2. The molecule has 1 aromatic heterocycles. The van der Waals surface area contributed by atoms with Gasteiger partial charge in [0.2, 0.25) is 0 Å². The SMILES string of the molecule is CCC(C)(C)CNc1cc(=O)[nH]c(C2CC2)n1. The maximum Gasteiger partial charge on any atom is 0.252 e. The van der Waals surface area contributed by atoms with Gasteiger partial charge in [-0.3, -0.25) is 4.79 Å². The van der Waals surface area contributed by atoms with Gasteiger partial charge in [-0.1, -0.05) is 20.8 Å². The molecule has 0 spiro atoms. The first-order valence-corrected chi connectivity index (χ1v) is 6.35. The van der Waals surface area contributed by atoms with E-state index in [1.54, 1.807) is 0 Å². The minimum atomic E-state index is -0.0568. The molecule has 1 aliphatic rings. The third kappa shape index (κ3) is 3.32.